The molecule has 0 bridgehead atoms. The summed E-state index contributed by atoms with van der Waals surface area (Å²) in [6.45, 7) is 0. The van der Waals surface area contributed by atoms with Gasteiger partial charge in [0.05, 0.1) is 26.9 Å². The van der Waals surface area contributed by atoms with E-state index in [0.29, 0.717) is 17.2 Å². The van der Waals surface area contributed by atoms with Gasteiger partial charge in [0.25, 0.3) is 7.19 Å². The molecular weight excluding hydrogens is 431 g/mol. The molecule has 120 valence electrons. The summed E-state index contributed by atoms with van der Waals surface area (Å²) in [6.07, 6.45) is 10.5. The molecule has 0 radical (unpaired) electrons. The van der Waals surface area contributed by atoms with E-state index >= 15 is 0 Å². The molecule has 1 aliphatic rings. The van der Waals surface area contributed by atoms with Crippen molar-refractivity contribution in [2.75, 3.05) is 4.72 Å². The fourth-order valence-corrected chi connectivity index (χ4v) is 4.14. The molecule has 0 heterocycles. The number of nitrogens with two attached hydrogens (primary N) is 1. The number of anilines is 1. The Morgan fingerprint density at radius 2 is 2.00 bits per heavy atom. The number of thiocarbonyl (C=S) groups is 1. The highest BCUT2D eigenvalue weighted by molar-refractivity contribution is 14.2. The summed E-state index contributed by atoms with van der Waals surface area (Å²) in [4.78, 5) is 0.187. The van der Waals surface area contributed by atoms with E-state index < -0.39 is 7.19 Å². The van der Waals surface area contributed by atoms with Gasteiger partial charge in [-0.1, -0.05) is 55.8 Å². The molecule has 0 unspecified atom stereocenters. The number of rotatable bonds is 5. The van der Waals surface area contributed by atoms with Crippen LogP contribution in [0.2, 0.25) is 0 Å². The van der Waals surface area contributed by atoms with E-state index in [2.05, 4.69) is 10.8 Å². The maximum Gasteiger partial charge on any atom is 0.286 e. The topological polar surface area (TPSA) is 72.2 Å². The molecule has 0 saturated heterocycles. The summed E-state index contributed by atoms with van der Waals surface area (Å²) >= 11 is 6.45. The van der Waals surface area contributed by atoms with Gasteiger partial charge in [0.2, 0.25) is 0 Å². The minimum atomic E-state index is -3.40. The predicted molar refractivity (Wildman–Crippen MR) is 105 cm³/mol. The fraction of sp³-hybridized carbons (Fsp3) is 0.400. The van der Waals surface area contributed by atoms with E-state index in [0.717, 1.165) is 5.56 Å². The van der Waals surface area contributed by atoms with Gasteiger partial charge >= 0.3 is 0 Å². The Morgan fingerprint density at radius 1 is 1.32 bits per heavy atom. The first-order chi connectivity index (χ1) is 10.4. The molecule has 22 heavy (non-hydrogen) atoms. The van der Waals surface area contributed by atoms with E-state index in [1.807, 2.05) is 12.1 Å². The quantitative estimate of drug-likeness (QED) is 0.404. The number of hydrogen-bond donors (Lipinski definition) is 2. The van der Waals surface area contributed by atoms with Crippen LogP contribution in [0.4, 0.5) is 5.69 Å². The fourth-order valence-electron chi connectivity index (χ4n) is 2.77. The molecule has 1 aromatic rings. The van der Waals surface area contributed by atoms with Crippen molar-refractivity contribution >= 4 is 57.4 Å². The highest BCUT2D eigenvalue weighted by Gasteiger charge is 2.14. The molecule has 3 N–H and O–H groups in total. The molecule has 0 aliphatic heterocycles. The van der Waals surface area contributed by atoms with Crippen LogP contribution < -0.4 is 10.5 Å². The maximum atomic E-state index is 11.5. The molecule has 4 nitrogen and oxygen atoms in total. The molecule has 0 amide bonds. The largest absolute Gasteiger partial charge is 0.389 e. The molecule has 0 spiro atoms. The van der Waals surface area contributed by atoms with Gasteiger partial charge in [-0.15, -0.1) is 0 Å². The average Bonchev–Trinajstić information content (AvgIpc) is 2.44. The van der Waals surface area contributed by atoms with Crippen LogP contribution >= 0.6 is 33.4 Å². The van der Waals surface area contributed by atoms with Crippen molar-refractivity contribution in [2.24, 2.45) is 11.7 Å². The number of benzene rings is 1. The highest BCUT2D eigenvalue weighted by Crippen LogP contribution is 2.28. The molecule has 1 aliphatic carbocycles. The van der Waals surface area contributed by atoms with Gasteiger partial charge in [0.15, 0.2) is 0 Å². The summed E-state index contributed by atoms with van der Waals surface area (Å²) in [6, 6.07) is 5.37. The van der Waals surface area contributed by atoms with Crippen molar-refractivity contribution in [3.05, 3.63) is 35.4 Å². The summed E-state index contributed by atoms with van der Waals surface area (Å²) in [5.41, 5.74) is 7.65. The summed E-state index contributed by atoms with van der Waals surface area (Å²) in [7, 11) is -3.40. The van der Waals surface area contributed by atoms with Crippen molar-refractivity contribution in [1.82, 2.24) is 0 Å². The zero-order valence-electron chi connectivity index (χ0n) is 12.1. The molecule has 1 fully saturated rings. The van der Waals surface area contributed by atoms with E-state index in [4.69, 9.17) is 18.0 Å². The second-order valence-electron chi connectivity index (χ2n) is 5.43. The van der Waals surface area contributed by atoms with Gasteiger partial charge in [-0.25, -0.2) is 0 Å². The summed E-state index contributed by atoms with van der Waals surface area (Å²) in [5.74, 6) is 0.581. The zero-order chi connectivity index (χ0) is 16.2. The lowest BCUT2D eigenvalue weighted by Crippen LogP contribution is -2.16. The lowest BCUT2D eigenvalue weighted by atomic mass is 9.88. The zero-order valence-corrected chi connectivity index (χ0v) is 15.9. The Bertz CT molecular complexity index is 681. The SMILES string of the molecule is NC(=S)c1c(/C=C/C2CCCCC2)cccc1NS(=O)(=O)I. The monoisotopic (exact) mass is 450 g/mol. The highest BCUT2D eigenvalue weighted by atomic mass is 127. The van der Waals surface area contributed by atoms with E-state index in [1.165, 1.54) is 53.3 Å². The molecule has 0 atom stereocenters. The normalized spacial score (nSPS) is 16.8. The van der Waals surface area contributed by atoms with E-state index in [9.17, 15) is 8.42 Å². The van der Waals surface area contributed by atoms with Crippen molar-refractivity contribution in [2.45, 2.75) is 32.1 Å². The van der Waals surface area contributed by atoms with Gasteiger partial charge in [-0.2, -0.15) is 8.42 Å². The standard InChI is InChI=1S/C15H19IN2O2S2/c16-22(19,20)18-13-8-4-7-12(14(13)15(17)21)10-9-11-5-2-1-3-6-11/h4,7-11,18H,1-3,5-6H2,(H2,17,21)/b10-9+. The lowest BCUT2D eigenvalue weighted by Gasteiger charge is -2.18. The number of nitrogens with one attached hydrogen (secondary N) is 1. The van der Waals surface area contributed by atoms with Crippen LogP contribution in [0.15, 0.2) is 24.3 Å². The molecule has 1 saturated carbocycles. The van der Waals surface area contributed by atoms with Gasteiger partial charge in [0.1, 0.15) is 4.99 Å². The Labute approximate surface area is 149 Å². The van der Waals surface area contributed by atoms with Crippen molar-refractivity contribution in [3.8, 4) is 0 Å². The first kappa shape index (κ1) is 17.7. The van der Waals surface area contributed by atoms with Crippen LogP contribution in [0.25, 0.3) is 6.08 Å². The van der Waals surface area contributed by atoms with Crippen molar-refractivity contribution in [3.63, 3.8) is 0 Å². The van der Waals surface area contributed by atoms with Gasteiger partial charge in [-0.05, 0) is 30.4 Å². The molecule has 0 aromatic heterocycles. The second kappa shape index (κ2) is 7.74. The lowest BCUT2D eigenvalue weighted by molar-refractivity contribution is 0.420. The Balaban J connectivity index is 2.32. The maximum absolute atomic E-state index is 11.5. The van der Waals surface area contributed by atoms with Crippen molar-refractivity contribution in [1.29, 1.82) is 0 Å². The third-order valence-electron chi connectivity index (χ3n) is 3.77. The predicted octanol–water partition coefficient (Wildman–Crippen LogP) is 4.01. The summed E-state index contributed by atoms with van der Waals surface area (Å²) < 4.78 is 25.4. The van der Waals surface area contributed by atoms with Crippen LogP contribution in [-0.2, 0) is 7.19 Å². The number of halogens is 1. The Kier molecular flexibility index (Phi) is 6.22. The second-order valence-corrected chi connectivity index (χ2v) is 10.4. The molecular formula is C15H19IN2O2S2. The molecule has 1 aromatic carbocycles. The van der Waals surface area contributed by atoms with Crippen LogP contribution in [0.3, 0.4) is 0 Å². The minimum Gasteiger partial charge on any atom is -0.389 e. The van der Waals surface area contributed by atoms with Gasteiger partial charge in [-0.3, -0.25) is 4.72 Å². The average molecular weight is 450 g/mol. The molecule has 2 rings (SSSR count). The summed E-state index contributed by atoms with van der Waals surface area (Å²) in [5, 5.41) is 0. The Hall–Kier alpha value is -0.670. The van der Waals surface area contributed by atoms with Crippen LogP contribution in [-0.4, -0.2) is 13.4 Å². The smallest absolute Gasteiger partial charge is 0.286 e. The third kappa shape index (κ3) is 5.20. The van der Waals surface area contributed by atoms with Crippen molar-refractivity contribution < 1.29 is 8.42 Å². The number of hydrogen-bond acceptors (Lipinski definition) is 3. The third-order valence-corrected chi connectivity index (χ3v) is 5.10. The molecule has 7 heteroatoms. The Morgan fingerprint density at radius 3 is 2.59 bits per heavy atom. The van der Waals surface area contributed by atoms with E-state index in [-0.39, 0.29) is 4.99 Å². The first-order valence-electron chi connectivity index (χ1n) is 7.20. The van der Waals surface area contributed by atoms with E-state index in [1.54, 1.807) is 12.1 Å². The van der Waals surface area contributed by atoms with Crippen LogP contribution in [0.5, 0.6) is 0 Å². The van der Waals surface area contributed by atoms with Crippen LogP contribution in [0, 0.1) is 5.92 Å². The van der Waals surface area contributed by atoms with Crippen LogP contribution in [0.1, 0.15) is 43.2 Å². The van der Waals surface area contributed by atoms with Gasteiger partial charge in [0, 0.05) is 5.56 Å². The first-order valence-corrected chi connectivity index (χ1v) is 11.6. The van der Waals surface area contributed by atoms with Gasteiger partial charge < -0.3 is 5.73 Å². The minimum absolute atomic E-state index is 0.187. The number of allylic oxidation sites excluding steroid dienone is 1.